The molecule has 0 fully saturated rings. The number of pyridine rings is 2. The van der Waals surface area contributed by atoms with Crippen molar-refractivity contribution in [2.75, 3.05) is 7.05 Å². The van der Waals surface area contributed by atoms with Gasteiger partial charge in [-0.1, -0.05) is 5.16 Å². The zero-order valence-electron chi connectivity index (χ0n) is 13.0. The van der Waals surface area contributed by atoms with E-state index in [0.717, 1.165) is 5.56 Å². The maximum Gasteiger partial charge on any atom is 0.272 e. The van der Waals surface area contributed by atoms with Crippen LogP contribution in [0.4, 0.5) is 0 Å². The van der Waals surface area contributed by atoms with Crippen LogP contribution < -0.4 is 0 Å². The number of carbonyl (C=O) groups excluding carboxylic acids is 1. The highest BCUT2D eigenvalue weighted by atomic mass is 16.5. The number of hydrogen-bond acceptors (Lipinski definition) is 7. The van der Waals surface area contributed by atoms with Crippen LogP contribution in [-0.4, -0.2) is 43.1 Å². The zero-order chi connectivity index (χ0) is 16.9. The molecule has 1 N–H and O–H groups in total. The van der Waals surface area contributed by atoms with Gasteiger partial charge in [-0.25, -0.2) is 0 Å². The topological polar surface area (TPSA) is 105 Å². The summed E-state index contributed by atoms with van der Waals surface area (Å²) >= 11 is 0. The summed E-state index contributed by atoms with van der Waals surface area (Å²) in [4.78, 5) is 26.0. The summed E-state index contributed by atoms with van der Waals surface area (Å²) in [6.07, 6.45) is 4.77. The van der Waals surface area contributed by atoms with Crippen molar-refractivity contribution in [3.8, 4) is 11.4 Å². The maximum atomic E-state index is 12.4. The van der Waals surface area contributed by atoms with Gasteiger partial charge >= 0.3 is 0 Å². The lowest BCUT2D eigenvalue weighted by Crippen LogP contribution is -2.27. The molecule has 3 aromatic rings. The van der Waals surface area contributed by atoms with Crippen LogP contribution in [0.1, 0.15) is 21.9 Å². The highest BCUT2D eigenvalue weighted by Gasteiger charge is 2.17. The lowest BCUT2D eigenvalue weighted by atomic mass is 10.2. The lowest BCUT2D eigenvalue weighted by molar-refractivity contribution is 0.0763. The van der Waals surface area contributed by atoms with Gasteiger partial charge in [0.2, 0.25) is 11.7 Å². The van der Waals surface area contributed by atoms with Crippen LogP contribution in [0, 0.1) is 0 Å². The van der Waals surface area contributed by atoms with Gasteiger partial charge < -0.3 is 14.5 Å². The molecule has 0 aliphatic carbocycles. The number of rotatable bonds is 5. The van der Waals surface area contributed by atoms with Crippen molar-refractivity contribution in [3.05, 3.63) is 60.0 Å². The van der Waals surface area contributed by atoms with Crippen molar-refractivity contribution in [1.29, 1.82) is 0 Å². The number of carbonyl (C=O) groups is 1. The van der Waals surface area contributed by atoms with Gasteiger partial charge in [-0.05, 0) is 29.8 Å². The fourth-order valence-electron chi connectivity index (χ4n) is 2.10. The average Bonchev–Trinajstić information content (AvgIpc) is 3.10. The maximum absolute atomic E-state index is 12.4. The number of aliphatic hydroxyl groups excluding tert-OH is 1. The predicted octanol–water partition coefficient (Wildman–Crippen LogP) is 1.29. The van der Waals surface area contributed by atoms with E-state index in [0.29, 0.717) is 17.3 Å². The van der Waals surface area contributed by atoms with Gasteiger partial charge in [-0.3, -0.25) is 14.8 Å². The highest BCUT2D eigenvalue weighted by Crippen LogP contribution is 2.15. The highest BCUT2D eigenvalue weighted by molar-refractivity contribution is 5.92. The molecule has 0 atom stereocenters. The molecule has 1 amide bonds. The summed E-state index contributed by atoms with van der Waals surface area (Å²) in [5.41, 5.74) is 1.66. The van der Waals surface area contributed by atoms with E-state index in [-0.39, 0.29) is 24.8 Å². The molecule has 3 aromatic heterocycles. The van der Waals surface area contributed by atoms with Crippen LogP contribution in [0.5, 0.6) is 0 Å². The van der Waals surface area contributed by atoms with E-state index in [1.165, 1.54) is 11.1 Å². The van der Waals surface area contributed by atoms with Crippen molar-refractivity contribution in [3.63, 3.8) is 0 Å². The molecule has 0 bridgehead atoms. The minimum atomic E-state index is -0.297. The molecule has 3 rings (SSSR count). The van der Waals surface area contributed by atoms with Crippen molar-refractivity contribution in [2.45, 2.75) is 13.2 Å². The zero-order valence-corrected chi connectivity index (χ0v) is 13.0. The Bertz CT molecular complexity index is 834. The number of hydrogen-bond donors (Lipinski definition) is 1. The molecule has 0 spiro atoms. The van der Waals surface area contributed by atoms with Crippen LogP contribution in [0.25, 0.3) is 11.4 Å². The molecule has 0 unspecified atom stereocenters. The number of aliphatic hydroxyl groups is 1. The Morgan fingerprint density at radius 3 is 2.79 bits per heavy atom. The Balaban J connectivity index is 1.71. The molecule has 0 saturated heterocycles. The summed E-state index contributed by atoms with van der Waals surface area (Å²) in [5.74, 6) is 0.457. The van der Waals surface area contributed by atoms with Crippen LogP contribution >= 0.6 is 0 Å². The van der Waals surface area contributed by atoms with E-state index in [4.69, 9.17) is 9.63 Å². The summed E-state index contributed by atoms with van der Waals surface area (Å²) in [5, 5.41) is 13.0. The molecule has 3 heterocycles. The second-order valence-electron chi connectivity index (χ2n) is 5.12. The molecule has 122 valence electrons. The lowest BCUT2D eigenvalue weighted by Gasteiger charge is -2.14. The Kier molecular flexibility index (Phi) is 4.57. The largest absolute Gasteiger partial charge is 0.392 e. The Hall–Kier alpha value is -3.13. The van der Waals surface area contributed by atoms with E-state index in [1.54, 1.807) is 43.7 Å². The van der Waals surface area contributed by atoms with Crippen molar-refractivity contribution in [2.24, 2.45) is 0 Å². The van der Waals surface area contributed by atoms with Gasteiger partial charge in [-0.2, -0.15) is 4.98 Å². The monoisotopic (exact) mass is 325 g/mol. The van der Waals surface area contributed by atoms with Gasteiger partial charge in [0.15, 0.2) is 0 Å². The molecule has 0 radical (unpaired) electrons. The third-order valence-electron chi connectivity index (χ3n) is 3.35. The van der Waals surface area contributed by atoms with Gasteiger partial charge in [0, 0.05) is 31.2 Å². The second kappa shape index (κ2) is 6.97. The first-order chi connectivity index (χ1) is 11.7. The third-order valence-corrected chi connectivity index (χ3v) is 3.35. The number of nitrogens with zero attached hydrogens (tertiary/aromatic N) is 5. The van der Waals surface area contributed by atoms with Crippen molar-refractivity contribution in [1.82, 2.24) is 25.0 Å². The Morgan fingerprint density at radius 1 is 1.25 bits per heavy atom. The van der Waals surface area contributed by atoms with Crippen LogP contribution in [-0.2, 0) is 13.2 Å². The Morgan fingerprint density at radius 2 is 2.04 bits per heavy atom. The molecule has 8 nitrogen and oxygen atoms in total. The molecule has 0 aliphatic rings. The fraction of sp³-hybridized carbons (Fsp3) is 0.188. The molecular formula is C16H15N5O3. The summed E-state index contributed by atoms with van der Waals surface area (Å²) in [6, 6.07) is 6.74. The summed E-state index contributed by atoms with van der Waals surface area (Å²) in [7, 11) is 1.62. The van der Waals surface area contributed by atoms with Gasteiger partial charge in [0.1, 0.15) is 12.2 Å². The van der Waals surface area contributed by atoms with Gasteiger partial charge in [0.05, 0.1) is 6.61 Å². The van der Waals surface area contributed by atoms with Gasteiger partial charge in [-0.15, -0.1) is 0 Å². The fourth-order valence-corrected chi connectivity index (χ4v) is 2.10. The summed E-state index contributed by atoms with van der Waals surface area (Å²) in [6.45, 7) is 0.00736. The molecule has 8 heteroatoms. The average molecular weight is 325 g/mol. The van der Waals surface area contributed by atoms with Crippen molar-refractivity contribution >= 4 is 5.91 Å². The number of aromatic nitrogens is 4. The molecular weight excluding hydrogens is 310 g/mol. The third kappa shape index (κ3) is 3.44. The molecule has 24 heavy (non-hydrogen) atoms. The second-order valence-corrected chi connectivity index (χ2v) is 5.12. The van der Waals surface area contributed by atoms with Crippen molar-refractivity contribution < 1.29 is 14.4 Å². The smallest absolute Gasteiger partial charge is 0.272 e. The van der Waals surface area contributed by atoms with E-state index in [2.05, 4.69) is 20.1 Å². The first-order valence-electron chi connectivity index (χ1n) is 7.21. The molecule has 0 aliphatic heterocycles. The Labute approximate surface area is 137 Å². The van der Waals surface area contributed by atoms with E-state index in [9.17, 15) is 4.79 Å². The normalized spacial score (nSPS) is 10.6. The van der Waals surface area contributed by atoms with Crippen LogP contribution in [0.3, 0.4) is 0 Å². The quantitative estimate of drug-likeness (QED) is 0.753. The minimum Gasteiger partial charge on any atom is -0.392 e. The first-order valence-corrected chi connectivity index (χ1v) is 7.21. The number of amides is 1. The van der Waals surface area contributed by atoms with E-state index < -0.39 is 0 Å². The molecule has 0 aromatic carbocycles. The SMILES string of the molecule is CN(Cc1nc(-c2ccncc2)no1)C(=O)c1cc(CO)ccn1. The standard InChI is InChI=1S/C16H15N5O3/c1-21(16(23)13-8-11(10-22)2-7-18-13)9-14-19-15(20-24-14)12-3-5-17-6-4-12/h2-8,22H,9-10H2,1H3. The predicted molar refractivity (Wildman–Crippen MR) is 83.5 cm³/mol. The summed E-state index contributed by atoms with van der Waals surface area (Å²) < 4.78 is 5.18. The van der Waals surface area contributed by atoms with Crippen LogP contribution in [0.15, 0.2) is 47.4 Å². The minimum absolute atomic E-state index is 0.147. The van der Waals surface area contributed by atoms with E-state index >= 15 is 0 Å². The van der Waals surface area contributed by atoms with Crippen LogP contribution in [0.2, 0.25) is 0 Å². The van der Waals surface area contributed by atoms with Gasteiger partial charge in [0.25, 0.3) is 5.91 Å². The molecule has 0 saturated carbocycles. The van der Waals surface area contributed by atoms with E-state index in [1.807, 2.05) is 0 Å². The first kappa shape index (κ1) is 15.8.